The summed E-state index contributed by atoms with van der Waals surface area (Å²) in [5.41, 5.74) is 0. The molecule has 0 spiro atoms. The summed E-state index contributed by atoms with van der Waals surface area (Å²) in [4.78, 5) is 4.75. The second-order valence-electron chi connectivity index (χ2n) is 4.01. The molecule has 1 fully saturated rings. The van der Waals surface area contributed by atoms with Crippen LogP contribution in [-0.4, -0.2) is 54.2 Å². The van der Waals surface area contributed by atoms with Gasteiger partial charge in [0.15, 0.2) is 5.11 Å². The summed E-state index contributed by atoms with van der Waals surface area (Å²) in [5, 5.41) is 4.27. The molecule has 4 heteroatoms. The van der Waals surface area contributed by atoms with Crippen molar-refractivity contribution >= 4 is 17.3 Å². The third-order valence-corrected chi connectivity index (χ3v) is 3.32. The number of thiocarbonyl (C=S) groups is 1. The molecule has 1 aliphatic heterocycles. The number of hydrogen-bond donors (Lipinski definition) is 1. The highest BCUT2D eigenvalue weighted by Gasteiger charge is 2.16. The second kappa shape index (κ2) is 7.01. The molecule has 0 saturated carbocycles. The molecule has 1 N–H and O–H groups in total. The Kier molecular flexibility index (Phi) is 5.95. The molecule has 1 aliphatic rings. The standard InChI is InChI=1S/C11H23N3S/c1-3-5-6-12-11(15)14-9-7-13(4-2)8-10-14/h3-10H2,1-2H3,(H,12,15). The summed E-state index contributed by atoms with van der Waals surface area (Å²) >= 11 is 5.36. The van der Waals surface area contributed by atoms with E-state index in [4.69, 9.17) is 12.2 Å². The van der Waals surface area contributed by atoms with Gasteiger partial charge in [0, 0.05) is 32.7 Å². The van der Waals surface area contributed by atoms with Crippen molar-refractivity contribution in [3.8, 4) is 0 Å². The average molecular weight is 229 g/mol. The number of piperazine rings is 1. The van der Waals surface area contributed by atoms with Gasteiger partial charge < -0.3 is 15.1 Å². The summed E-state index contributed by atoms with van der Waals surface area (Å²) in [5.74, 6) is 0. The number of hydrogen-bond acceptors (Lipinski definition) is 2. The monoisotopic (exact) mass is 229 g/mol. The van der Waals surface area contributed by atoms with Crippen LogP contribution in [0, 0.1) is 0 Å². The van der Waals surface area contributed by atoms with Crippen LogP contribution in [0.5, 0.6) is 0 Å². The summed E-state index contributed by atoms with van der Waals surface area (Å²) in [7, 11) is 0. The van der Waals surface area contributed by atoms with Crippen LogP contribution in [0.25, 0.3) is 0 Å². The van der Waals surface area contributed by atoms with Gasteiger partial charge in [-0.15, -0.1) is 0 Å². The highest BCUT2D eigenvalue weighted by Crippen LogP contribution is 2.01. The Morgan fingerprint density at radius 2 is 1.87 bits per heavy atom. The van der Waals surface area contributed by atoms with Crippen molar-refractivity contribution in [3.63, 3.8) is 0 Å². The predicted octanol–water partition coefficient (Wildman–Crippen LogP) is 1.30. The van der Waals surface area contributed by atoms with Crippen molar-refractivity contribution in [3.05, 3.63) is 0 Å². The molecule has 0 amide bonds. The summed E-state index contributed by atoms with van der Waals surface area (Å²) in [6.07, 6.45) is 2.42. The molecular weight excluding hydrogens is 206 g/mol. The lowest BCUT2D eigenvalue weighted by atomic mass is 10.3. The minimum absolute atomic E-state index is 0.944. The molecule has 0 bridgehead atoms. The van der Waals surface area contributed by atoms with Crippen LogP contribution >= 0.6 is 12.2 Å². The van der Waals surface area contributed by atoms with Crippen LogP contribution in [0.1, 0.15) is 26.7 Å². The minimum atomic E-state index is 0.944. The van der Waals surface area contributed by atoms with E-state index < -0.39 is 0 Å². The molecule has 0 atom stereocenters. The number of nitrogens with one attached hydrogen (secondary N) is 1. The van der Waals surface area contributed by atoms with Gasteiger partial charge in [0.1, 0.15) is 0 Å². The third-order valence-electron chi connectivity index (χ3n) is 2.91. The Bertz CT molecular complexity index is 188. The Balaban J connectivity index is 2.18. The van der Waals surface area contributed by atoms with E-state index in [1.807, 2.05) is 0 Å². The minimum Gasteiger partial charge on any atom is -0.363 e. The predicted molar refractivity (Wildman–Crippen MR) is 69.2 cm³/mol. The van der Waals surface area contributed by atoms with Crippen molar-refractivity contribution in [1.82, 2.24) is 15.1 Å². The van der Waals surface area contributed by atoms with Gasteiger partial charge >= 0.3 is 0 Å². The SMILES string of the molecule is CCCCNC(=S)N1CCN(CC)CC1. The maximum absolute atomic E-state index is 5.36. The molecule has 0 unspecified atom stereocenters. The molecule has 15 heavy (non-hydrogen) atoms. The van der Waals surface area contributed by atoms with Gasteiger partial charge in [-0.05, 0) is 25.2 Å². The Hall–Kier alpha value is -0.350. The molecular formula is C11H23N3S. The quantitative estimate of drug-likeness (QED) is 0.578. The van der Waals surface area contributed by atoms with Crippen LogP contribution in [0.2, 0.25) is 0 Å². The van der Waals surface area contributed by atoms with Gasteiger partial charge in [-0.25, -0.2) is 0 Å². The number of rotatable bonds is 4. The van der Waals surface area contributed by atoms with E-state index in [1.165, 1.54) is 12.8 Å². The maximum atomic E-state index is 5.36. The van der Waals surface area contributed by atoms with Crippen LogP contribution in [0.15, 0.2) is 0 Å². The van der Waals surface area contributed by atoms with Crippen LogP contribution in [0.4, 0.5) is 0 Å². The molecule has 0 aromatic rings. The molecule has 1 rings (SSSR count). The normalized spacial score (nSPS) is 17.9. The Labute approximate surface area is 98.8 Å². The van der Waals surface area contributed by atoms with Gasteiger partial charge in [0.05, 0.1) is 0 Å². The lowest BCUT2D eigenvalue weighted by Crippen LogP contribution is -2.51. The zero-order valence-corrected chi connectivity index (χ0v) is 10.8. The molecule has 0 aromatic heterocycles. The first-order valence-electron chi connectivity index (χ1n) is 6.03. The number of likely N-dealkylation sites (N-methyl/N-ethyl adjacent to an activating group) is 1. The fraction of sp³-hybridized carbons (Fsp3) is 0.909. The van der Waals surface area contributed by atoms with E-state index in [0.717, 1.165) is 44.4 Å². The van der Waals surface area contributed by atoms with E-state index in [2.05, 4.69) is 29.0 Å². The zero-order chi connectivity index (χ0) is 11.1. The zero-order valence-electron chi connectivity index (χ0n) is 9.96. The topological polar surface area (TPSA) is 18.5 Å². The van der Waals surface area contributed by atoms with Crippen molar-refractivity contribution in [2.45, 2.75) is 26.7 Å². The molecule has 0 aromatic carbocycles. The molecule has 0 aliphatic carbocycles. The lowest BCUT2D eigenvalue weighted by molar-refractivity contribution is 0.189. The fourth-order valence-electron chi connectivity index (χ4n) is 1.75. The number of unbranched alkanes of at least 4 members (excludes halogenated alkanes) is 1. The maximum Gasteiger partial charge on any atom is 0.169 e. The Morgan fingerprint density at radius 1 is 1.20 bits per heavy atom. The summed E-state index contributed by atoms with van der Waals surface area (Å²) < 4.78 is 0. The van der Waals surface area contributed by atoms with Gasteiger partial charge in [-0.2, -0.15) is 0 Å². The van der Waals surface area contributed by atoms with E-state index >= 15 is 0 Å². The number of nitrogens with zero attached hydrogens (tertiary/aromatic N) is 2. The highest BCUT2D eigenvalue weighted by molar-refractivity contribution is 7.80. The van der Waals surface area contributed by atoms with E-state index in [1.54, 1.807) is 0 Å². The van der Waals surface area contributed by atoms with Gasteiger partial charge in [-0.3, -0.25) is 0 Å². The first-order valence-corrected chi connectivity index (χ1v) is 6.43. The van der Waals surface area contributed by atoms with E-state index in [-0.39, 0.29) is 0 Å². The Morgan fingerprint density at radius 3 is 2.40 bits per heavy atom. The van der Waals surface area contributed by atoms with Gasteiger partial charge in [0.2, 0.25) is 0 Å². The highest BCUT2D eigenvalue weighted by atomic mass is 32.1. The van der Waals surface area contributed by atoms with Crippen LogP contribution < -0.4 is 5.32 Å². The largest absolute Gasteiger partial charge is 0.363 e. The molecule has 88 valence electrons. The van der Waals surface area contributed by atoms with Crippen LogP contribution in [0.3, 0.4) is 0 Å². The summed E-state index contributed by atoms with van der Waals surface area (Å²) in [6.45, 7) is 11.0. The van der Waals surface area contributed by atoms with Crippen molar-refractivity contribution < 1.29 is 0 Å². The fourth-order valence-corrected chi connectivity index (χ4v) is 2.04. The average Bonchev–Trinajstić information content (AvgIpc) is 2.29. The smallest absolute Gasteiger partial charge is 0.169 e. The second-order valence-corrected chi connectivity index (χ2v) is 4.39. The van der Waals surface area contributed by atoms with Crippen LogP contribution in [-0.2, 0) is 0 Å². The van der Waals surface area contributed by atoms with Crippen molar-refractivity contribution in [2.75, 3.05) is 39.3 Å². The lowest BCUT2D eigenvalue weighted by Gasteiger charge is -2.35. The van der Waals surface area contributed by atoms with E-state index in [9.17, 15) is 0 Å². The van der Waals surface area contributed by atoms with Gasteiger partial charge in [0.25, 0.3) is 0 Å². The first-order chi connectivity index (χ1) is 7.27. The molecule has 1 saturated heterocycles. The third kappa shape index (κ3) is 4.34. The van der Waals surface area contributed by atoms with Gasteiger partial charge in [-0.1, -0.05) is 20.3 Å². The first kappa shape index (κ1) is 12.7. The molecule has 0 radical (unpaired) electrons. The summed E-state index contributed by atoms with van der Waals surface area (Å²) in [6, 6.07) is 0. The molecule has 1 heterocycles. The van der Waals surface area contributed by atoms with Crippen molar-refractivity contribution in [1.29, 1.82) is 0 Å². The van der Waals surface area contributed by atoms with Crippen molar-refractivity contribution in [2.24, 2.45) is 0 Å². The van der Waals surface area contributed by atoms with E-state index in [0.29, 0.717) is 0 Å². The molecule has 3 nitrogen and oxygen atoms in total.